The molecule has 0 spiro atoms. The molecule has 1 aromatic carbocycles. The zero-order chi connectivity index (χ0) is 13.9. The second-order valence-corrected chi connectivity index (χ2v) is 5.81. The van der Waals surface area contributed by atoms with Gasteiger partial charge in [0.2, 0.25) is 11.8 Å². The molecule has 20 heavy (non-hydrogen) atoms. The number of hydrogen-bond acceptors (Lipinski definition) is 2. The Bertz CT molecular complexity index is 492. The monoisotopic (exact) mass is 272 g/mol. The fourth-order valence-electron chi connectivity index (χ4n) is 2.22. The smallest absolute Gasteiger partial charge is 0.243 e. The van der Waals surface area contributed by atoms with Gasteiger partial charge in [0.1, 0.15) is 6.04 Å². The molecule has 2 aliphatic rings. The zero-order valence-electron chi connectivity index (χ0n) is 11.5. The number of hydrogen-bond donors (Lipinski definition) is 2. The van der Waals surface area contributed by atoms with Crippen molar-refractivity contribution in [3.63, 3.8) is 0 Å². The fourth-order valence-corrected chi connectivity index (χ4v) is 2.22. The topological polar surface area (TPSA) is 58.2 Å². The van der Waals surface area contributed by atoms with Gasteiger partial charge < -0.3 is 10.6 Å². The lowest BCUT2D eigenvalue weighted by Crippen LogP contribution is -2.49. The number of rotatable bonds is 6. The Morgan fingerprint density at radius 3 is 2.40 bits per heavy atom. The van der Waals surface area contributed by atoms with Crippen LogP contribution in [0.5, 0.6) is 0 Å². The van der Waals surface area contributed by atoms with E-state index in [1.807, 2.05) is 30.3 Å². The van der Waals surface area contributed by atoms with Crippen molar-refractivity contribution in [2.24, 2.45) is 5.92 Å². The summed E-state index contributed by atoms with van der Waals surface area (Å²) in [6, 6.07) is 9.69. The largest absolute Gasteiger partial charge is 0.352 e. The fraction of sp³-hybridized carbons (Fsp3) is 0.500. The van der Waals surface area contributed by atoms with Crippen molar-refractivity contribution >= 4 is 11.8 Å². The lowest BCUT2D eigenvalue weighted by atomic mass is 10.0. The Morgan fingerprint density at radius 1 is 1.10 bits per heavy atom. The third kappa shape index (κ3) is 3.59. The molecule has 1 aromatic rings. The van der Waals surface area contributed by atoms with Crippen LogP contribution < -0.4 is 10.6 Å². The molecule has 0 aromatic heterocycles. The first kappa shape index (κ1) is 13.2. The van der Waals surface area contributed by atoms with E-state index in [0.717, 1.165) is 31.2 Å². The lowest BCUT2D eigenvalue weighted by molar-refractivity contribution is -0.129. The molecule has 2 fully saturated rings. The first-order valence-electron chi connectivity index (χ1n) is 7.37. The molecule has 2 aliphatic carbocycles. The second-order valence-electron chi connectivity index (χ2n) is 5.81. The van der Waals surface area contributed by atoms with E-state index in [1.165, 1.54) is 0 Å². The highest BCUT2D eigenvalue weighted by Crippen LogP contribution is 2.29. The molecule has 3 rings (SSSR count). The molecule has 2 saturated carbocycles. The standard InChI is InChI=1S/C16H20N2O2/c19-15(12-6-7-12)18-14(16(20)17-13-8-9-13)10-11-4-2-1-3-5-11/h1-5,12-14H,6-10H2,(H,17,20)(H,18,19). The van der Waals surface area contributed by atoms with Crippen molar-refractivity contribution in [2.45, 2.75) is 44.2 Å². The Balaban J connectivity index is 1.64. The highest BCUT2D eigenvalue weighted by atomic mass is 16.2. The third-order valence-electron chi connectivity index (χ3n) is 3.79. The normalized spacial score (nSPS) is 19.2. The van der Waals surface area contributed by atoms with Gasteiger partial charge in [-0.3, -0.25) is 9.59 Å². The molecule has 2 amide bonds. The Kier molecular flexibility index (Phi) is 3.72. The van der Waals surface area contributed by atoms with Crippen LogP contribution in [0.15, 0.2) is 30.3 Å². The maximum absolute atomic E-state index is 12.3. The highest BCUT2D eigenvalue weighted by Gasteiger charge is 2.34. The van der Waals surface area contributed by atoms with Crippen LogP contribution in [0.25, 0.3) is 0 Å². The maximum atomic E-state index is 12.3. The van der Waals surface area contributed by atoms with Gasteiger partial charge in [-0.1, -0.05) is 30.3 Å². The molecule has 0 radical (unpaired) electrons. The molecule has 0 heterocycles. The molecule has 106 valence electrons. The van der Waals surface area contributed by atoms with Gasteiger partial charge in [0, 0.05) is 18.4 Å². The predicted molar refractivity (Wildman–Crippen MR) is 76.0 cm³/mol. The van der Waals surface area contributed by atoms with Crippen molar-refractivity contribution < 1.29 is 9.59 Å². The van der Waals surface area contributed by atoms with Crippen LogP contribution in [0.1, 0.15) is 31.2 Å². The minimum absolute atomic E-state index is 0.0249. The minimum atomic E-state index is -0.453. The summed E-state index contributed by atoms with van der Waals surface area (Å²) in [4.78, 5) is 24.2. The minimum Gasteiger partial charge on any atom is -0.352 e. The SMILES string of the molecule is O=C(NC(Cc1ccccc1)C(=O)NC1CC1)C1CC1. The van der Waals surface area contributed by atoms with Crippen molar-refractivity contribution in [3.05, 3.63) is 35.9 Å². The van der Waals surface area contributed by atoms with Crippen molar-refractivity contribution in [1.82, 2.24) is 10.6 Å². The van der Waals surface area contributed by atoms with Crippen LogP contribution in [0.2, 0.25) is 0 Å². The van der Waals surface area contributed by atoms with E-state index in [9.17, 15) is 9.59 Å². The van der Waals surface area contributed by atoms with Gasteiger partial charge in [0.05, 0.1) is 0 Å². The van der Waals surface area contributed by atoms with Gasteiger partial charge in [-0.2, -0.15) is 0 Å². The number of amides is 2. The quantitative estimate of drug-likeness (QED) is 0.822. The molecule has 4 heteroatoms. The van der Waals surface area contributed by atoms with E-state index in [0.29, 0.717) is 12.5 Å². The molecule has 0 bridgehead atoms. The summed E-state index contributed by atoms with van der Waals surface area (Å²) in [6.07, 6.45) is 4.57. The molecular formula is C16H20N2O2. The average Bonchev–Trinajstić information content (AvgIpc) is 3.32. The number of carbonyl (C=O) groups excluding carboxylic acids is 2. The molecule has 4 nitrogen and oxygen atoms in total. The molecule has 1 atom stereocenters. The van der Waals surface area contributed by atoms with Crippen LogP contribution in [-0.2, 0) is 16.0 Å². The second kappa shape index (κ2) is 5.65. The first-order chi connectivity index (χ1) is 9.72. The van der Waals surface area contributed by atoms with Gasteiger partial charge in [0.15, 0.2) is 0 Å². The zero-order valence-corrected chi connectivity index (χ0v) is 11.5. The van der Waals surface area contributed by atoms with Crippen molar-refractivity contribution in [3.8, 4) is 0 Å². The van der Waals surface area contributed by atoms with E-state index in [-0.39, 0.29) is 17.7 Å². The van der Waals surface area contributed by atoms with Crippen molar-refractivity contribution in [1.29, 1.82) is 0 Å². The first-order valence-corrected chi connectivity index (χ1v) is 7.37. The Labute approximate surface area is 118 Å². The number of carbonyl (C=O) groups is 2. The summed E-state index contributed by atoms with van der Waals surface area (Å²) in [5.74, 6) is 0.101. The summed E-state index contributed by atoms with van der Waals surface area (Å²) in [5, 5.41) is 5.89. The van der Waals surface area contributed by atoms with Gasteiger partial charge in [-0.25, -0.2) is 0 Å². The van der Waals surface area contributed by atoms with Crippen LogP contribution in [-0.4, -0.2) is 23.9 Å². The van der Waals surface area contributed by atoms with Crippen LogP contribution in [0.3, 0.4) is 0 Å². The lowest BCUT2D eigenvalue weighted by Gasteiger charge is -2.18. The summed E-state index contributed by atoms with van der Waals surface area (Å²) >= 11 is 0. The Morgan fingerprint density at radius 2 is 1.80 bits per heavy atom. The van der Waals surface area contributed by atoms with Crippen LogP contribution >= 0.6 is 0 Å². The highest BCUT2D eigenvalue weighted by molar-refractivity contribution is 5.89. The summed E-state index contributed by atoms with van der Waals surface area (Å²) in [7, 11) is 0. The van der Waals surface area contributed by atoms with E-state index in [2.05, 4.69) is 10.6 Å². The molecule has 2 N–H and O–H groups in total. The van der Waals surface area contributed by atoms with E-state index in [4.69, 9.17) is 0 Å². The molecule has 0 aliphatic heterocycles. The molecule has 0 saturated heterocycles. The Hall–Kier alpha value is -1.84. The average molecular weight is 272 g/mol. The van der Waals surface area contributed by atoms with Gasteiger partial charge in [-0.15, -0.1) is 0 Å². The van der Waals surface area contributed by atoms with E-state index >= 15 is 0 Å². The third-order valence-corrected chi connectivity index (χ3v) is 3.79. The van der Waals surface area contributed by atoms with Crippen molar-refractivity contribution in [2.75, 3.05) is 0 Å². The van der Waals surface area contributed by atoms with Gasteiger partial charge in [0.25, 0.3) is 0 Å². The van der Waals surface area contributed by atoms with Gasteiger partial charge in [-0.05, 0) is 31.2 Å². The van der Waals surface area contributed by atoms with E-state index < -0.39 is 6.04 Å². The number of benzene rings is 1. The summed E-state index contributed by atoms with van der Waals surface area (Å²) in [5.41, 5.74) is 1.07. The molecule has 1 unspecified atom stereocenters. The van der Waals surface area contributed by atoms with Gasteiger partial charge >= 0.3 is 0 Å². The maximum Gasteiger partial charge on any atom is 0.243 e. The van der Waals surface area contributed by atoms with Crippen LogP contribution in [0.4, 0.5) is 0 Å². The predicted octanol–water partition coefficient (Wildman–Crippen LogP) is 1.40. The van der Waals surface area contributed by atoms with E-state index in [1.54, 1.807) is 0 Å². The number of nitrogens with one attached hydrogen (secondary N) is 2. The molecular weight excluding hydrogens is 252 g/mol. The summed E-state index contributed by atoms with van der Waals surface area (Å²) in [6.45, 7) is 0. The van der Waals surface area contributed by atoms with Crippen LogP contribution in [0, 0.1) is 5.92 Å². The summed E-state index contributed by atoms with van der Waals surface area (Å²) < 4.78 is 0.